The van der Waals surface area contributed by atoms with Crippen LogP contribution in [-0.4, -0.2) is 43.5 Å². The molecule has 1 aliphatic rings. The van der Waals surface area contributed by atoms with Crippen LogP contribution in [0.1, 0.15) is 0 Å². The molecule has 1 aliphatic heterocycles. The van der Waals surface area contributed by atoms with E-state index >= 15 is 0 Å². The summed E-state index contributed by atoms with van der Waals surface area (Å²) in [6.45, 7) is 3.35. The Morgan fingerprint density at radius 1 is 0.905 bits per heavy atom. The molecule has 21 heavy (non-hydrogen) atoms. The quantitative estimate of drug-likeness (QED) is 0.821. The highest BCUT2D eigenvalue weighted by atomic mass is 16.5. The van der Waals surface area contributed by atoms with Gasteiger partial charge in [0.2, 0.25) is 0 Å². The Balaban J connectivity index is 1.87. The van der Waals surface area contributed by atoms with Gasteiger partial charge in [-0.1, -0.05) is 36.4 Å². The van der Waals surface area contributed by atoms with E-state index in [1.165, 1.54) is 5.69 Å². The normalized spacial score (nSPS) is 15.0. The lowest BCUT2D eigenvalue weighted by atomic mass is 9.75. The van der Waals surface area contributed by atoms with Crippen LogP contribution in [0, 0.1) is 0 Å². The zero-order valence-corrected chi connectivity index (χ0v) is 11.8. The first-order valence-electron chi connectivity index (χ1n) is 7.14. The highest BCUT2D eigenvalue weighted by Gasteiger charge is 2.16. The van der Waals surface area contributed by atoms with E-state index in [1.54, 1.807) is 12.1 Å². The van der Waals surface area contributed by atoms with Gasteiger partial charge in [0.25, 0.3) is 0 Å². The Labute approximate surface area is 124 Å². The predicted molar refractivity (Wildman–Crippen MR) is 84.7 cm³/mol. The average Bonchev–Trinajstić information content (AvgIpc) is 2.56. The Morgan fingerprint density at radius 2 is 1.57 bits per heavy atom. The van der Waals surface area contributed by atoms with E-state index in [2.05, 4.69) is 17.0 Å². The van der Waals surface area contributed by atoms with Crippen LogP contribution in [0.2, 0.25) is 0 Å². The van der Waals surface area contributed by atoms with E-state index in [1.807, 2.05) is 24.3 Å². The maximum Gasteiger partial charge on any atom is 0.489 e. The second-order valence-electron chi connectivity index (χ2n) is 5.11. The van der Waals surface area contributed by atoms with Gasteiger partial charge in [-0.05, 0) is 28.7 Å². The van der Waals surface area contributed by atoms with Crippen molar-refractivity contribution in [2.75, 3.05) is 31.2 Å². The van der Waals surface area contributed by atoms with E-state index < -0.39 is 7.12 Å². The van der Waals surface area contributed by atoms with Crippen molar-refractivity contribution < 1.29 is 14.8 Å². The molecule has 0 unspecified atom stereocenters. The highest BCUT2D eigenvalue weighted by molar-refractivity contribution is 6.60. The molecule has 2 aromatic rings. The second-order valence-corrected chi connectivity index (χ2v) is 5.11. The zero-order chi connectivity index (χ0) is 14.7. The van der Waals surface area contributed by atoms with Crippen LogP contribution in [0.15, 0.2) is 48.5 Å². The Kier molecular flexibility index (Phi) is 4.24. The van der Waals surface area contributed by atoms with Crippen LogP contribution < -0.4 is 10.4 Å². The van der Waals surface area contributed by atoms with E-state index in [0.29, 0.717) is 5.46 Å². The Hall–Kier alpha value is -1.82. The fourth-order valence-electron chi connectivity index (χ4n) is 2.66. The number of morpholine rings is 1. The molecule has 1 fully saturated rings. The SMILES string of the molecule is OB(O)c1ccccc1-c1ccc(N2CCOCC2)cc1. The standard InChI is InChI=1S/C16H18BNO3/c19-17(20)16-4-2-1-3-15(16)13-5-7-14(8-6-13)18-9-11-21-12-10-18/h1-8,19-20H,9-12H2. The van der Waals surface area contributed by atoms with Gasteiger partial charge in [-0.3, -0.25) is 0 Å². The van der Waals surface area contributed by atoms with Gasteiger partial charge in [-0.25, -0.2) is 0 Å². The highest BCUT2D eigenvalue weighted by Crippen LogP contribution is 2.22. The summed E-state index contributed by atoms with van der Waals surface area (Å²) in [4.78, 5) is 2.29. The topological polar surface area (TPSA) is 52.9 Å². The molecule has 1 heterocycles. The number of rotatable bonds is 3. The number of ether oxygens (including phenoxy) is 1. The van der Waals surface area contributed by atoms with Crippen molar-refractivity contribution in [2.45, 2.75) is 0 Å². The van der Waals surface area contributed by atoms with E-state index in [4.69, 9.17) is 4.74 Å². The summed E-state index contributed by atoms with van der Waals surface area (Å²) in [5.41, 5.74) is 3.53. The molecule has 2 aromatic carbocycles. The molecule has 0 aromatic heterocycles. The molecule has 0 atom stereocenters. The molecule has 108 valence electrons. The second kappa shape index (κ2) is 6.31. The Morgan fingerprint density at radius 3 is 2.24 bits per heavy atom. The van der Waals surface area contributed by atoms with E-state index in [9.17, 15) is 10.0 Å². The molecule has 0 spiro atoms. The fraction of sp³-hybridized carbons (Fsp3) is 0.250. The fourth-order valence-corrected chi connectivity index (χ4v) is 2.66. The van der Waals surface area contributed by atoms with Crippen LogP contribution in [0.3, 0.4) is 0 Å². The summed E-state index contributed by atoms with van der Waals surface area (Å²) in [5.74, 6) is 0. The first-order chi connectivity index (χ1) is 10.3. The summed E-state index contributed by atoms with van der Waals surface area (Å²) < 4.78 is 5.36. The van der Waals surface area contributed by atoms with E-state index in [-0.39, 0.29) is 0 Å². The molecule has 0 radical (unpaired) electrons. The number of hydrogen-bond acceptors (Lipinski definition) is 4. The first-order valence-corrected chi connectivity index (χ1v) is 7.14. The number of anilines is 1. The molecule has 1 saturated heterocycles. The molecule has 0 amide bonds. The third kappa shape index (κ3) is 3.10. The lowest BCUT2D eigenvalue weighted by molar-refractivity contribution is 0.122. The zero-order valence-electron chi connectivity index (χ0n) is 11.8. The average molecular weight is 283 g/mol. The van der Waals surface area contributed by atoms with Crippen molar-refractivity contribution in [3.8, 4) is 11.1 Å². The van der Waals surface area contributed by atoms with Gasteiger partial charge in [-0.15, -0.1) is 0 Å². The monoisotopic (exact) mass is 283 g/mol. The maximum absolute atomic E-state index is 9.46. The summed E-state index contributed by atoms with van der Waals surface area (Å²) in [6, 6.07) is 15.5. The van der Waals surface area contributed by atoms with Crippen molar-refractivity contribution in [3.63, 3.8) is 0 Å². The number of nitrogens with zero attached hydrogens (tertiary/aromatic N) is 1. The molecular weight excluding hydrogens is 265 g/mol. The summed E-state index contributed by atoms with van der Waals surface area (Å²) in [7, 11) is -1.46. The molecule has 3 rings (SSSR count). The molecule has 0 bridgehead atoms. The number of benzene rings is 2. The molecule has 5 heteroatoms. The largest absolute Gasteiger partial charge is 0.489 e. The van der Waals surface area contributed by atoms with Gasteiger partial charge < -0.3 is 19.7 Å². The molecule has 4 nitrogen and oxygen atoms in total. The van der Waals surface area contributed by atoms with Crippen molar-refractivity contribution in [2.24, 2.45) is 0 Å². The third-order valence-electron chi connectivity index (χ3n) is 3.79. The van der Waals surface area contributed by atoms with Crippen LogP contribution >= 0.6 is 0 Å². The third-order valence-corrected chi connectivity index (χ3v) is 3.79. The first kappa shape index (κ1) is 14.1. The van der Waals surface area contributed by atoms with Crippen LogP contribution in [0.4, 0.5) is 5.69 Å². The van der Waals surface area contributed by atoms with E-state index in [0.717, 1.165) is 37.4 Å². The maximum atomic E-state index is 9.46. The van der Waals surface area contributed by atoms with Gasteiger partial charge in [0.1, 0.15) is 0 Å². The van der Waals surface area contributed by atoms with Crippen molar-refractivity contribution in [3.05, 3.63) is 48.5 Å². The van der Waals surface area contributed by atoms with Gasteiger partial charge in [-0.2, -0.15) is 0 Å². The lowest BCUT2D eigenvalue weighted by Gasteiger charge is -2.29. The molecule has 2 N–H and O–H groups in total. The summed E-state index contributed by atoms with van der Waals surface area (Å²) in [5, 5.41) is 18.9. The van der Waals surface area contributed by atoms with Crippen LogP contribution in [0.25, 0.3) is 11.1 Å². The smallest absolute Gasteiger partial charge is 0.423 e. The number of hydrogen-bond donors (Lipinski definition) is 2. The lowest BCUT2D eigenvalue weighted by Crippen LogP contribution is -2.36. The minimum absolute atomic E-state index is 0.525. The van der Waals surface area contributed by atoms with Gasteiger partial charge >= 0.3 is 7.12 Å². The Bertz CT molecular complexity index is 595. The van der Waals surface area contributed by atoms with Crippen molar-refractivity contribution in [1.29, 1.82) is 0 Å². The summed E-state index contributed by atoms with van der Waals surface area (Å²) in [6.07, 6.45) is 0. The van der Waals surface area contributed by atoms with Crippen LogP contribution in [0.5, 0.6) is 0 Å². The summed E-state index contributed by atoms with van der Waals surface area (Å²) >= 11 is 0. The van der Waals surface area contributed by atoms with Gasteiger partial charge in [0, 0.05) is 18.8 Å². The molecular formula is C16H18BNO3. The van der Waals surface area contributed by atoms with Crippen LogP contribution in [-0.2, 0) is 4.74 Å². The van der Waals surface area contributed by atoms with Crippen molar-refractivity contribution >= 4 is 18.3 Å². The molecule has 0 saturated carbocycles. The minimum Gasteiger partial charge on any atom is -0.423 e. The van der Waals surface area contributed by atoms with Gasteiger partial charge in [0.15, 0.2) is 0 Å². The van der Waals surface area contributed by atoms with Crippen molar-refractivity contribution in [1.82, 2.24) is 0 Å². The molecule has 0 aliphatic carbocycles. The van der Waals surface area contributed by atoms with Gasteiger partial charge in [0.05, 0.1) is 13.2 Å². The minimum atomic E-state index is -1.46. The predicted octanol–water partition coefficient (Wildman–Crippen LogP) is 0.870.